The number of benzene rings is 2. The molecular formula is C21H23ClN3O3+. The molecule has 0 aliphatic heterocycles. The predicted octanol–water partition coefficient (Wildman–Crippen LogP) is 3.42. The van der Waals surface area contributed by atoms with Gasteiger partial charge in [-0.2, -0.15) is 0 Å². The molecular weight excluding hydrogens is 378 g/mol. The highest BCUT2D eigenvalue weighted by Crippen LogP contribution is 2.31. The molecule has 3 rings (SSSR count). The van der Waals surface area contributed by atoms with E-state index >= 15 is 0 Å². The summed E-state index contributed by atoms with van der Waals surface area (Å²) in [5, 5.41) is 2.91. The molecule has 0 aliphatic rings. The summed E-state index contributed by atoms with van der Waals surface area (Å²) in [6, 6.07) is 15.2. The lowest BCUT2D eigenvalue weighted by molar-refractivity contribution is -0.686. The van der Waals surface area contributed by atoms with Crippen LogP contribution < -0.4 is 19.4 Å². The maximum Gasteiger partial charge on any atom is 0.287 e. The van der Waals surface area contributed by atoms with Crippen molar-refractivity contribution in [1.82, 2.24) is 4.98 Å². The molecule has 0 spiro atoms. The van der Waals surface area contributed by atoms with Gasteiger partial charge in [-0.25, -0.2) is 4.57 Å². The molecule has 0 unspecified atom stereocenters. The van der Waals surface area contributed by atoms with Gasteiger partial charge in [-0.3, -0.25) is 4.79 Å². The number of hydrogen-bond donors (Lipinski definition) is 1. The van der Waals surface area contributed by atoms with Crippen LogP contribution in [0.3, 0.4) is 0 Å². The van der Waals surface area contributed by atoms with Gasteiger partial charge in [0.05, 0.1) is 20.4 Å². The fourth-order valence-corrected chi connectivity index (χ4v) is 2.71. The number of carbonyl (C=O) groups is 1. The summed E-state index contributed by atoms with van der Waals surface area (Å²) in [5.41, 5.74) is 3.53. The minimum absolute atomic E-state index is 0. The zero-order chi connectivity index (χ0) is 19.2. The lowest BCUT2D eigenvalue weighted by Crippen LogP contribution is -2.40. The lowest BCUT2D eigenvalue weighted by atomic mass is 10.1. The molecule has 1 N–H and O–H groups in total. The van der Waals surface area contributed by atoms with E-state index in [4.69, 9.17) is 9.47 Å². The third-order valence-electron chi connectivity index (χ3n) is 4.19. The van der Waals surface area contributed by atoms with Gasteiger partial charge in [0.2, 0.25) is 0 Å². The van der Waals surface area contributed by atoms with E-state index in [1.54, 1.807) is 25.1 Å². The molecule has 146 valence electrons. The first-order valence-corrected chi connectivity index (χ1v) is 8.53. The van der Waals surface area contributed by atoms with E-state index in [1.807, 2.05) is 61.7 Å². The van der Waals surface area contributed by atoms with Gasteiger partial charge in [-0.15, -0.1) is 12.4 Å². The SMILES string of the molecule is COc1ccc(-c2cc[n+](CC(=O)Nc3ccccc3C)cn2)cc1OC.Cl. The average molecular weight is 401 g/mol. The Hall–Kier alpha value is -3.12. The highest BCUT2D eigenvalue weighted by atomic mass is 35.5. The van der Waals surface area contributed by atoms with Crippen LogP contribution >= 0.6 is 12.4 Å². The minimum atomic E-state index is -0.102. The minimum Gasteiger partial charge on any atom is -0.493 e. The molecule has 1 heterocycles. The monoisotopic (exact) mass is 400 g/mol. The molecule has 0 saturated carbocycles. The first-order chi connectivity index (χ1) is 13.1. The number of para-hydroxylation sites is 1. The number of aryl methyl sites for hydroxylation is 1. The number of amides is 1. The predicted molar refractivity (Wildman–Crippen MR) is 110 cm³/mol. The van der Waals surface area contributed by atoms with E-state index in [1.165, 1.54) is 0 Å². The molecule has 1 amide bonds. The molecule has 0 atom stereocenters. The number of anilines is 1. The fourth-order valence-electron chi connectivity index (χ4n) is 2.71. The van der Waals surface area contributed by atoms with Crippen LogP contribution in [-0.2, 0) is 11.3 Å². The molecule has 7 heteroatoms. The zero-order valence-electron chi connectivity index (χ0n) is 16.0. The van der Waals surface area contributed by atoms with Crippen molar-refractivity contribution in [2.45, 2.75) is 13.5 Å². The van der Waals surface area contributed by atoms with E-state index in [0.29, 0.717) is 11.5 Å². The summed E-state index contributed by atoms with van der Waals surface area (Å²) < 4.78 is 12.3. The Morgan fingerprint density at radius 1 is 1.07 bits per heavy atom. The third kappa shape index (κ3) is 4.98. The summed E-state index contributed by atoms with van der Waals surface area (Å²) in [4.78, 5) is 16.7. The van der Waals surface area contributed by atoms with Crippen molar-refractivity contribution in [2.24, 2.45) is 0 Å². The van der Waals surface area contributed by atoms with Crippen molar-refractivity contribution in [3.8, 4) is 22.8 Å². The Morgan fingerprint density at radius 3 is 2.46 bits per heavy atom. The van der Waals surface area contributed by atoms with E-state index in [-0.39, 0.29) is 24.9 Å². The van der Waals surface area contributed by atoms with Crippen molar-refractivity contribution in [2.75, 3.05) is 19.5 Å². The number of nitrogens with zero attached hydrogens (tertiary/aromatic N) is 2. The number of methoxy groups -OCH3 is 2. The second kappa shape index (κ2) is 9.71. The van der Waals surface area contributed by atoms with Gasteiger partial charge in [0, 0.05) is 17.3 Å². The Labute approximate surface area is 170 Å². The largest absolute Gasteiger partial charge is 0.493 e. The maximum absolute atomic E-state index is 12.3. The van der Waals surface area contributed by atoms with Gasteiger partial charge in [-0.1, -0.05) is 18.2 Å². The van der Waals surface area contributed by atoms with E-state index < -0.39 is 0 Å². The summed E-state index contributed by atoms with van der Waals surface area (Å²) in [6.45, 7) is 2.15. The molecule has 0 radical (unpaired) electrons. The van der Waals surface area contributed by atoms with Crippen LogP contribution in [0, 0.1) is 6.92 Å². The third-order valence-corrected chi connectivity index (χ3v) is 4.19. The topological polar surface area (TPSA) is 64.3 Å². The van der Waals surface area contributed by atoms with Crippen LogP contribution in [0.25, 0.3) is 11.3 Å². The molecule has 0 bridgehead atoms. The molecule has 1 aromatic heterocycles. The van der Waals surface area contributed by atoms with E-state index in [9.17, 15) is 4.79 Å². The molecule has 28 heavy (non-hydrogen) atoms. The van der Waals surface area contributed by atoms with Gasteiger partial charge >= 0.3 is 0 Å². The smallest absolute Gasteiger partial charge is 0.287 e. The van der Waals surface area contributed by atoms with Crippen LogP contribution in [0.15, 0.2) is 61.1 Å². The van der Waals surface area contributed by atoms with Crippen LogP contribution in [-0.4, -0.2) is 25.1 Å². The molecule has 0 fully saturated rings. The zero-order valence-corrected chi connectivity index (χ0v) is 16.8. The number of aromatic nitrogens is 2. The second-order valence-corrected chi connectivity index (χ2v) is 6.05. The first kappa shape index (κ1) is 21.2. The Kier molecular flexibility index (Phi) is 7.35. The number of nitrogens with one attached hydrogen (secondary N) is 1. The van der Waals surface area contributed by atoms with E-state index in [2.05, 4.69) is 10.3 Å². The van der Waals surface area contributed by atoms with Crippen molar-refractivity contribution in [3.05, 3.63) is 66.6 Å². The highest BCUT2D eigenvalue weighted by molar-refractivity contribution is 5.90. The van der Waals surface area contributed by atoms with Crippen LogP contribution in [0.5, 0.6) is 11.5 Å². The number of ether oxygens (including phenoxy) is 2. The molecule has 3 aromatic rings. The van der Waals surface area contributed by atoms with Gasteiger partial charge in [0.15, 0.2) is 23.7 Å². The number of hydrogen-bond acceptors (Lipinski definition) is 4. The van der Waals surface area contributed by atoms with Gasteiger partial charge in [0.25, 0.3) is 12.2 Å². The molecule has 6 nitrogen and oxygen atoms in total. The van der Waals surface area contributed by atoms with Crippen LogP contribution in [0.4, 0.5) is 5.69 Å². The normalized spacial score (nSPS) is 9.96. The second-order valence-electron chi connectivity index (χ2n) is 6.05. The lowest BCUT2D eigenvalue weighted by Gasteiger charge is -2.08. The Morgan fingerprint density at radius 2 is 1.82 bits per heavy atom. The molecule has 2 aromatic carbocycles. The molecule has 0 aliphatic carbocycles. The fraction of sp³-hybridized carbons (Fsp3) is 0.190. The summed E-state index contributed by atoms with van der Waals surface area (Å²) in [6.07, 6.45) is 3.47. The van der Waals surface area contributed by atoms with Crippen molar-refractivity contribution >= 4 is 24.0 Å². The quantitative estimate of drug-likeness (QED) is 0.644. The van der Waals surface area contributed by atoms with Crippen molar-refractivity contribution in [1.29, 1.82) is 0 Å². The molecule has 0 saturated heterocycles. The van der Waals surface area contributed by atoms with E-state index in [0.717, 1.165) is 22.5 Å². The number of carbonyl (C=O) groups excluding carboxylic acids is 1. The maximum atomic E-state index is 12.3. The summed E-state index contributed by atoms with van der Waals surface area (Å²) in [5.74, 6) is 1.21. The summed E-state index contributed by atoms with van der Waals surface area (Å²) >= 11 is 0. The Balaban J connectivity index is 0.00000280. The van der Waals surface area contributed by atoms with Gasteiger partial charge in [0.1, 0.15) is 0 Å². The van der Waals surface area contributed by atoms with Crippen LogP contribution in [0.2, 0.25) is 0 Å². The number of halogens is 1. The van der Waals surface area contributed by atoms with Crippen molar-refractivity contribution < 1.29 is 18.8 Å². The van der Waals surface area contributed by atoms with Gasteiger partial charge in [-0.05, 0) is 41.7 Å². The van der Waals surface area contributed by atoms with Gasteiger partial charge < -0.3 is 14.8 Å². The average Bonchev–Trinajstić information content (AvgIpc) is 2.69. The van der Waals surface area contributed by atoms with Crippen LogP contribution in [0.1, 0.15) is 5.56 Å². The van der Waals surface area contributed by atoms with Crippen molar-refractivity contribution in [3.63, 3.8) is 0 Å². The first-order valence-electron chi connectivity index (χ1n) is 8.53. The standard InChI is InChI=1S/C21H21N3O3.ClH/c1-15-6-4-5-7-17(15)23-21(25)13-24-11-10-18(22-14-24)16-8-9-19(26-2)20(12-16)27-3;/h4-12,14H,13H2,1-3H3;1H/p+1. The summed E-state index contributed by atoms with van der Waals surface area (Å²) in [7, 11) is 3.20. The number of rotatable bonds is 6. The Bertz CT molecular complexity index is 946. The highest BCUT2D eigenvalue weighted by Gasteiger charge is 2.13.